The van der Waals surface area contributed by atoms with Gasteiger partial charge in [-0.1, -0.05) is 41.5 Å². The second-order valence-corrected chi connectivity index (χ2v) is 7.70. The van der Waals surface area contributed by atoms with Crippen LogP contribution < -0.4 is 0 Å². The van der Waals surface area contributed by atoms with Gasteiger partial charge in [-0.3, -0.25) is 4.90 Å². The highest BCUT2D eigenvalue weighted by atomic mass is 15.2. The molecule has 0 bridgehead atoms. The molecule has 2 unspecified atom stereocenters. The van der Waals surface area contributed by atoms with Gasteiger partial charge in [-0.25, -0.2) is 0 Å². The van der Waals surface area contributed by atoms with Crippen molar-refractivity contribution in [2.75, 3.05) is 13.1 Å². The minimum absolute atomic E-state index is 0.810. The van der Waals surface area contributed by atoms with Gasteiger partial charge in [0, 0.05) is 19.1 Å². The summed E-state index contributed by atoms with van der Waals surface area (Å²) < 4.78 is 0. The van der Waals surface area contributed by atoms with Crippen LogP contribution in [-0.4, -0.2) is 24.0 Å². The lowest BCUT2D eigenvalue weighted by atomic mass is 9.93. The molecule has 0 spiro atoms. The van der Waals surface area contributed by atoms with Crippen LogP contribution in [0.1, 0.15) is 67.2 Å². The van der Waals surface area contributed by atoms with Crippen LogP contribution in [0, 0.1) is 23.7 Å². The molecule has 18 heavy (non-hydrogen) atoms. The summed E-state index contributed by atoms with van der Waals surface area (Å²) in [4.78, 5) is 2.79. The molecular weight excluding hydrogens is 218 g/mol. The Bertz CT molecular complexity index is 220. The third-order valence-electron chi connectivity index (χ3n) is 4.10. The van der Waals surface area contributed by atoms with Crippen LogP contribution in [-0.2, 0) is 0 Å². The van der Waals surface area contributed by atoms with E-state index < -0.39 is 0 Å². The third-order valence-corrected chi connectivity index (χ3v) is 4.10. The quantitative estimate of drug-likeness (QED) is 0.629. The van der Waals surface area contributed by atoms with E-state index in [9.17, 15) is 0 Å². The Morgan fingerprint density at radius 1 is 0.944 bits per heavy atom. The number of hydrogen-bond donors (Lipinski definition) is 0. The van der Waals surface area contributed by atoms with E-state index in [0.29, 0.717) is 0 Å². The molecule has 108 valence electrons. The molecule has 0 saturated carbocycles. The Balaban J connectivity index is 2.48. The number of nitrogens with zero attached hydrogens (tertiary/aromatic N) is 1. The van der Waals surface area contributed by atoms with E-state index in [-0.39, 0.29) is 0 Å². The minimum atomic E-state index is 0.810. The van der Waals surface area contributed by atoms with Gasteiger partial charge in [-0.2, -0.15) is 0 Å². The first-order chi connectivity index (χ1) is 8.38. The summed E-state index contributed by atoms with van der Waals surface area (Å²) >= 11 is 0. The fraction of sp³-hybridized carbons (Fsp3) is 1.00. The molecule has 1 heteroatoms. The number of likely N-dealkylation sites (tertiary alicyclic amines) is 1. The summed E-state index contributed by atoms with van der Waals surface area (Å²) in [5, 5.41) is 0. The fourth-order valence-electron chi connectivity index (χ4n) is 3.45. The second-order valence-electron chi connectivity index (χ2n) is 7.70. The standard InChI is InChI=1S/C17H35N/c1-13(2)7-8-17-10-16(9-14(3)4)12-18(17)11-15(5)6/h13-17H,7-12H2,1-6H3. The van der Waals surface area contributed by atoms with Crippen molar-refractivity contribution in [2.45, 2.75) is 73.3 Å². The van der Waals surface area contributed by atoms with Gasteiger partial charge in [0.1, 0.15) is 0 Å². The highest BCUT2D eigenvalue weighted by molar-refractivity contribution is 4.86. The Kier molecular flexibility index (Phi) is 6.70. The molecule has 0 amide bonds. The molecule has 1 aliphatic heterocycles. The molecule has 0 aromatic heterocycles. The summed E-state index contributed by atoms with van der Waals surface area (Å²) in [6.07, 6.45) is 5.69. The van der Waals surface area contributed by atoms with E-state index in [1.54, 1.807) is 0 Å². The van der Waals surface area contributed by atoms with Crippen molar-refractivity contribution < 1.29 is 0 Å². The maximum absolute atomic E-state index is 2.79. The zero-order chi connectivity index (χ0) is 13.7. The molecule has 1 saturated heterocycles. The number of hydrogen-bond acceptors (Lipinski definition) is 1. The molecule has 1 fully saturated rings. The Morgan fingerprint density at radius 3 is 2.11 bits per heavy atom. The molecule has 0 radical (unpaired) electrons. The van der Waals surface area contributed by atoms with Crippen LogP contribution in [0.4, 0.5) is 0 Å². The maximum atomic E-state index is 2.79. The van der Waals surface area contributed by atoms with E-state index in [2.05, 4.69) is 46.4 Å². The highest BCUT2D eigenvalue weighted by Crippen LogP contribution is 2.31. The van der Waals surface area contributed by atoms with Crippen molar-refractivity contribution >= 4 is 0 Å². The summed E-state index contributed by atoms with van der Waals surface area (Å²) in [5.74, 6) is 3.49. The molecule has 0 N–H and O–H groups in total. The summed E-state index contributed by atoms with van der Waals surface area (Å²) in [5.41, 5.74) is 0. The second kappa shape index (κ2) is 7.53. The molecule has 1 rings (SSSR count). The molecular formula is C17H35N. The van der Waals surface area contributed by atoms with Crippen LogP contribution >= 0.6 is 0 Å². The summed E-state index contributed by atoms with van der Waals surface area (Å²) in [6.45, 7) is 16.8. The normalized spacial score (nSPS) is 25.8. The van der Waals surface area contributed by atoms with Crippen LogP contribution in [0.3, 0.4) is 0 Å². The largest absolute Gasteiger partial charge is 0.300 e. The molecule has 1 aliphatic rings. The lowest BCUT2D eigenvalue weighted by Crippen LogP contribution is -2.33. The van der Waals surface area contributed by atoms with Gasteiger partial charge in [0.15, 0.2) is 0 Å². The lowest BCUT2D eigenvalue weighted by Gasteiger charge is -2.26. The van der Waals surface area contributed by atoms with Gasteiger partial charge in [-0.05, 0) is 49.4 Å². The monoisotopic (exact) mass is 253 g/mol. The zero-order valence-electron chi connectivity index (χ0n) is 13.6. The van der Waals surface area contributed by atoms with Crippen LogP contribution in [0.25, 0.3) is 0 Å². The fourth-order valence-corrected chi connectivity index (χ4v) is 3.45. The van der Waals surface area contributed by atoms with Crippen molar-refractivity contribution in [2.24, 2.45) is 23.7 Å². The van der Waals surface area contributed by atoms with Crippen molar-refractivity contribution in [1.29, 1.82) is 0 Å². The van der Waals surface area contributed by atoms with Crippen molar-refractivity contribution in [3.8, 4) is 0 Å². The zero-order valence-corrected chi connectivity index (χ0v) is 13.6. The van der Waals surface area contributed by atoms with Gasteiger partial charge in [0.05, 0.1) is 0 Å². The van der Waals surface area contributed by atoms with Gasteiger partial charge < -0.3 is 0 Å². The minimum Gasteiger partial charge on any atom is -0.300 e. The van der Waals surface area contributed by atoms with Crippen LogP contribution in [0.2, 0.25) is 0 Å². The maximum Gasteiger partial charge on any atom is 0.00986 e. The molecule has 1 heterocycles. The highest BCUT2D eigenvalue weighted by Gasteiger charge is 2.31. The molecule has 2 atom stereocenters. The Labute approximate surface area is 115 Å². The van der Waals surface area contributed by atoms with Gasteiger partial charge in [-0.15, -0.1) is 0 Å². The van der Waals surface area contributed by atoms with Crippen molar-refractivity contribution in [1.82, 2.24) is 4.90 Å². The molecule has 0 aromatic carbocycles. The number of rotatable bonds is 7. The average molecular weight is 253 g/mol. The third kappa shape index (κ3) is 5.73. The van der Waals surface area contributed by atoms with E-state index in [1.807, 2.05) is 0 Å². The topological polar surface area (TPSA) is 3.24 Å². The summed E-state index contributed by atoms with van der Waals surface area (Å²) in [7, 11) is 0. The van der Waals surface area contributed by atoms with E-state index in [4.69, 9.17) is 0 Å². The van der Waals surface area contributed by atoms with E-state index >= 15 is 0 Å². The van der Waals surface area contributed by atoms with Gasteiger partial charge in [0.25, 0.3) is 0 Å². The van der Waals surface area contributed by atoms with Crippen LogP contribution in [0.15, 0.2) is 0 Å². The molecule has 1 nitrogen and oxygen atoms in total. The van der Waals surface area contributed by atoms with Gasteiger partial charge >= 0.3 is 0 Å². The first kappa shape index (κ1) is 16.0. The van der Waals surface area contributed by atoms with E-state index in [1.165, 1.54) is 38.8 Å². The summed E-state index contributed by atoms with van der Waals surface area (Å²) in [6, 6.07) is 0.874. The Hall–Kier alpha value is -0.0400. The SMILES string of the molecule is CC(C)CCC1CC(CC(C)C)CN1CC(C)C. The van der Waals surface area contributed by atoms with Crippen molar-refractivity contribution in [3.63, 3.8) is 0 Å². The molecule has 0 aliphatic carbocycles. The van der Waals surface area contributed by atoms with E-state index in [0.717, 1.165) is 29.7 Å². The van der Waals surface area contributed by atoms with Gasteiger partial charge in [0.2, 0.25) is 0 Å². The van der Waals surface area contributed by atoms with Crippen molar-refractivity contribution in [3.05, 3.63) is 0 Å². The Morgan fingerprint density at radius 2 is 1.61 bits per heavy atom. The lowest BCUT2D eigenvalue weighted by molar-refractivity contribution is 0.207. The predicted molar refractivity (Wildman–Crippen MR) is 81.8 cm³/mol. The smallest absolute Gasteiger partial charge is 0.00986 e. The molecule has 0 aromatic rings. The average Bonchev–Trinajstić information content (AvgIpc) is 2.55. The first-order valence-corrected chi connectivity index (χ1v) is 8.12. The first-order valence-electron chi connectivity index (χ1n) is 8.12. The van der Waals surface area contributed by atoms with Crippen LogP contribution in [0.5, 0.6) is 0 Å². The predicted octanol–water partition coefficient (Wildman–Crippen LogP) is 4.82.